The van der Waals surface area contributed by atoms with Gasteiger partial charge in [0.15, 0.2) is 0 Å². The van der Waals surface area contributed by atoms with Gasteiger partial charge in [-0.3, -0.25) is 10.1 Å². The standard InChI is InChI=1S/C20H25N2O5/c1-18(2)11-16(15-10-19(3,4)22(26)20(15,5)12-18)27-17(23)13-7-6-8-14(9-13)21(24)25/h6-9H,10-12H2,1-5H3. The number of hydrogen-bond donors (Lipinski definition) is 0. The number of carbonyl (C=O) groups excluding carboxylic acids is 1. The van der Waals surface area contributed by atoms with E-state index in [9.17, 15) is 20.1 Å². The van der Waals surface area contributed by atoms with Crippen LogP contribution >= 0.6 is 0 Å². The number of allylic oxidation sites excluding steroid dienone is 1. The van der Waals surface area contributed by atoms with Gasteiger partial charge < -0.3 is 4.74 Å². The van der Waals surface area contributed by atoms with Gasteiger partial charge in [0.1, 0.15) is 5.76 Å². The molecule has 3 rings (SSSR count). The molecule has 1 aromatic rings. The van der Waals surface area contributed by atoms with Crippen molar-refractivity contribution >= 4 is 11.7 Å². The van der Waals surface area contributed by atoms with Crippen LogP contribution in [-0.2, 0) is 9.94 Å². The average Bonchev–Trinajstić information content (AvgIpc) is 2.74. The van der Waals surface area contributed by atoms with Crippen LogP contribution in [0.3, 0.4) is 0 Å². The van der Waals surface area contributed by atoms with Crippen molar-refractivity contribution in [3.63, 3.8) is 0 Å². The molecule has 1 radical (unpaired) electrons. The summed E-state index contributed by atoms with van der Waals surface area (Å²) in [7, 11) is 0. The minimum Gasteiger partial charge on any atom is -0.427 e. The Kier molecular flexibility index (Phi) is 4.44. The molecule has 27 heavy (non-hydrogen) atoms. The molecule has 1 aromatic carbocycles. The van der Waals surface area contributed by atoms with Gasteiger partial charge in [0.05, 0.1) is 16.0 Å². The number of hydrogen-bond acceptors (Lipinski definition) is 5. The first-order valence-corrected chi connectivity index (χ1v) is 9.02. The monoisotopic (exact) mass is 373 g/mol. The molecule has 2 aliphatic rings. The maximum absolute atomic E-state index is 13.0. The highest BCUT2D eigenvalue weighted by Crippen LogP contribution is 2.55. The summed E-state index contributed by atoms with van der Waals surface area (Å²) in [6.07, 6.45) is 1.75. The van der Waals surface area contributed by atoms with Gasteiger partial charge in [0.25, 0.3) is 5.69 Å². The lowest BCUT2D eigenvalue weighted by Gasteiger charge is -2.44. The number of carbonyl (C=O) groups is 1. The molecule has 7 heteroatoms. The van der Waals surface area contributed by atoms with Crippen molar-refractivity contribution in [1.29, 1.82) is 0 Å². The fourth-order valence-corrected chi connectivity index (χ4v) is 4.61. The van der Waals surface area contributed by atoms with Gasteiger partial charge in [-0.15, -0.1) is 10.3 Å². The van der Waals surface area contributed by atoms with Gasteiger partial charge in [0, 0.05) is 24.1 Å². The molecule has 0 spiro atoms. The zero-order valence-electron chi connectivity index (χ0n) is 16.4. The van der Waals surface area contributed by atoms with Crippen molar-refractivity contribution in [3.05, 3.63) is 51.3 Å². The lowest BCUT2D eigenvalue weighted by molar-refractivity contribution is -0.384. The van der Waals surface area contributed by atoms with E-state index in [2.05, 4.69) is 13.8 Å². The second-order valence-electron chi connectivity index (χ2n) is 9.17. The van der Waals surface area contributed by atoms with E-state index < -0.39 is 22.0 Å². The SMILES string of the molecule is CC1(C)CC(OC(=O)c2cccc([N+](=O)[O-])c2)=C2CC(C)(C)N([O])C2(C)C1. The molecule has 1 fully saturated rings. The number of hydroxylamine groups is 2. The molecule has 1 heterocycles. The van der Waals surface area contributed by atoms with E-state index in [1.165, 1.54) is 24.3 Å². The molecule has 0 N–H and O–H groups in total. The smallest absolute Gasteiger partial charge is 0.343 e. The lowest BCUT2D eigenvalue weighted by atomic mass is 9.68. The van der Waals surface area contributed by atoms with Crippen LogP contribution in [0.25, 0.3) is 0 Å². The average molecular weight is 373 g/mol. The zero-order valence-corrected chi connectivity index (χ0v) is 16.4. The summed E-state index contributed by atoms with van der Waals surface area (Å²) in [6.45, 7) is 9.80. The summed E-state index contributed by atoms with van der Waals surface area (Å²) in [5.74, 6) is -0.111. The van der Waals surface area contributed by atoms with Gasteiger partial charge >= 0.3 is 5.97 Å². The predicted octanol–water partition coefficient (Wildman–Crippen LogP) is 4.41. The molecule has 0 bridgehead atoms. The van der Waals surface area contributed by atoms with Gasteiger partial charge in [-0.1, -0.05) is 19.9 Å². The number of non-ortho nitro benzene ring substituents is 1. The molecule has 0 saturated carbocycles. The summed E-state index contributed by atoms with van der Waals surface area (Å²) in [6, 6.07) is 5.49. The molecule has 7 nitrogen and oxygen atoms in total. The van der Waals surface area contributed by atoms with E-state index >= 15 is 0 Å². The first kappa shape index (κ1) is 19.5. The van der Waals surface area contributed by atoms with E-state index in [1.54, 1.807) is 0 Å². The largest absolute Gasteiger partial charge is 0.427 e. The van der Waals surface area contributed by atoms with E-state index in [1.807, 2.05) is 20.8 Å². The molecule has 0 aromatic heterocycles. The maximum atomic E-state index is 13.0. The van der Waals surface area contributed by atoms with Crippen molar-refractivity contribution in [2.24, 2.45) is 5.41 Å². The Morgan fingerprint density at radius 3 is 2.48 bits per heavy atom. The third kappa shape index (κ3) is 3.37. The van der Waals surface area contributed by atoms with Crippen LogP contribution in [-0.4, -0.2) is 27.0 Å². The van der Waals surface area contributed by atoms with Gasteiger partial charge in [-0.05, 0) is 50.7 Å². The minimum atomic E-state index is -0.719. The molecule has 1 aliphatic heterocycles. The fourth-order valence-electron chi connectivity index (χ4n) is 4.61. The third-order valence-electron chi connectivity index (χ3n) is 5.56. The van der Waals surface area contributed by atoms with E-state index in [0.717, 1.165) is 10.6 Å². The van der Waals surface area contributed by atoms with Crippen LogP contribution in [0.2, 0.25) is 0 Å². The lowest BCUT2D eigenvalue weighted by Crippen LogP contribution is -2.50. The van der Waals surface area contributed by atoms with E-state index in [-0.39, 0.29) is 16.7 Å². The number of fused-ring (bicyclic) bond motifs is 1. The predicted molar refractivity (Wildman–Crippen MR) is 98.2 cm³/mol. The topological polar surface area (TPSA) is 92.6 Å². The second-order valence-corrected chi connectivity index (χ2v) is 9.17. The van der Waals surface area contributed by atoms with E-state index in [4.69, 9.17) is 4.74 Å². The Morgan fingerprint density at radius 2 is 1.85 bits per heavy atom. The van der Waals surface area contributed by atoms with Crippen molar-refractivity contribution < 1.29 is 19.7 Å². The first-order valence-electron chi connectivity index (χ1n) is 9.02. The van der Waals surface area contributed by atoms with Crippen LogP contribution < -0.4 is 0 Å². The van der Waals surface area contributed by atoms with Crippen LogP contribution in [0.5, 0.6) is 0 Å². The normalized spacial score (nSPS) is 26.6. The Morgan fingerprint density at radius 1 is 1.19 bits per heavy atom. The quantitative estimate of drug-likeness (QED) is 0.444. The molecule has 0 amide bonds. The van der Waals surface area contributed by atoms with E-state index in [0.29, 0.717) is 25.0 Å². The van der Waals surface area contributed by atoms with Crippen LogP contribution in [0.1, 0.15) is 64.2 Å². The summed E-state index contributed by atoms with van der Waals surface area (Å²) < 4.78 is 5.72. The highest BCUT2D eigenvalue weighted by atomic mass is 16.6. The second kappa shape index (κ2) is 6.14. The molecule has 1 aliphatic carbocycles. The van der Waals surface area contributed by atoms with Gasteiger partial charge in [-0.25, -0.2) is 4.79 Å². The Bertz CT molecular complexity index is 843. The molecule has 1 unspecified atom stereocenters. The van der Waals surface area contributed by atoms with Crippen LogP contribution in [0.15, 0.2) is 35.6 Å². The molecular formula is C20H25N2O5. The number of benzene rings is 1. The van der Waals surface area contributed by atoms with Crippen molar-refractivity contribution in [3.8, 4) is 0 Å². The molecular weight excluding hydrogens is 348 g/mol. The van der Waals surface area contributed by atoms with Crippen LogP contribution in [0, 0.1) is 15.5 Å². The minimum absolute atomic E-state index is 0.124. The summed E-state index contributed by atoms with van der Waals surface area (Å²) in [5.41, 5.74) is -0.681. The number of nitrogens with zero attached hydrogens (tertiary/aromatic N) is 2. The molecule has 1 atom stereocenters. The van der Waals surface area contributed by atoms with Crippen LogP contribution in [0.4, 0.5) is 5.69 Å². The van der Waals surface area contributed by atoms with Gasteiger partial charge in [0.2, 0.25) is 0 Å². The highest BCUT2D eigenvalue weighted by Gasteiger charge is 2.57. The fraction of sp³-hybridized carbons (Fsp3) is 0.550. The molecule has 1 saturated heterocycles. The van der Waals surface area contributed by atoms with Crippen molar-refractivity contribution in [2.45, 2.75) is 65.0 Å². The zero-order chi connectivity index (χ0) is 20.2. The number of nitro groups is 1. The third-order valence-corrected chi connectivity index (χ3v) is 5.56. The Hall–Kier alpha value is -2.25. The summed E-state index contributed by atoms with van der Waals surface area (Å²) in [5, 5.41) is 25.0. The number of ether oxygens (including phenoxy) is 1. The van der Waals surface area contributed by atoms with Gasteiger partial charge in [-0.2, -0.15) is 0 Å². The Balaban J connectivity index is 1.98. The summed E-state index contributed by atoms with van der Waals surface area (Å²) in [4.78, 5) is 23.1. The Labute approximate surface area is 158 Å². The molecule has 145 valence electrons. The highest BCUT2D eigenvalue weighted by molar-refractivity contribution is 5.90. The number of nitro benzene ring substituents is 1. The van der Waals surface area contributed by atoms with Crippen molar-refractivity contribution in [1.82, 2.24) is 5.06 Å². The number of esters is 1. The summed E-state index contributed by atoms with van der Waals surface area (Å²) >= 11 is 0. The first-order chi connectivity index (χ1) is 12.4. The van der Waals surface area contributed by atoms with Crippen molar-refractivity contribution in [2.75, 3.05) is 0 Å². The maximum Gasteiger partial charge on any atom is 0.343 e. The number of rotatable bonds is 3.